The van der Waals surface area contributed by atoms with Crippen molar-refractivity contribution in [3.8, 4) is 5.88 Å². The Hall–Kier alpha value is -0.400. The summed E-state index contributed by atoms with van der Waals surface area (Å²) in [6.07, 6.45) is 7.38. The number of halogens is 3. The number of unbranched alkanes of at least 4 members (excludes halogenated alkanes) is 5. The van der Waals surface area contributed by atoms with Crippen LogP contribution < -0.4 is 4.74 Å². The number of nitrogens with zero attached hydrogens (tertiary/aromatic N) is 2. The first-order valence-corrected chi connectivity index (χ1v) is 10.1. The van der Waals surface area contributed by atoms with Gasteiger partial charge in [-0.15, -0.1) is 0 Å². The number of methoxy groups -OCH3 is 1. The van der Waals surface area contributed by atoms with Gasteiger partial charge >= 0.3 is 0 Å². The van der Waals surface area contributed by atoms with Gasteiger partial charge < -0.3 is 4.74 Å². The highest BCUT2D eigenvalue weighted by Crippen LogP contribution is 2.38. The predicted octanol–water partition coefficient (Wildman–Crippen LogP) is 6.70. The lowest BCUT2D eigenvalue weighted by Gasteiger charge is -2.31. The van der Waals surface area contributed by atoms with Gasteiger partial charge in [0.15, 0.2) is 0 Å². The van der Waals surface area contributed by atoms with Crippen molar-refractivity contribution in [1.82, 2.24) is 9.78 Å². The van der Waals surface area contributed by atoms with Gasteiger partial charge in [-0.1, -0.05) is 58.8 Å². The van der Waals surface area contributed by atoms with Gasteiger partial charge in [-0.2, -0.15) is 5.10 Å². The van der Waals surface area contributed by atoms with Crippen LogP contribution in [-0.4, -0.2) is 16.9 Å². The molecule has 0 saturated carbocycles. The number of ether oxygens (including phenoxy) is 1. The standard InChI is InChI=1S/C18H31F2IN2O/c1-5-7-9-10-11-13-18(3,12-8-6-2)23-17(24-4)14(21)15(22-23)16(19)20/h16H,5-13H2,1-4H3. The van der Waals surface area contributed by atoms with Crippen molar-refractivity contribution in [2.24, 2.45) is 0 Å². The first-order chi connectivity index (χ1) is 11.4. The Balaban J connectivity index is 3.03. The largest absolute Gasteiger partial charge is 0.480 e. The Bertz CT molecular complexity index is 494. The quantitative estimate of drug-likeness (QED) is 0.259. The number of hydrogen-bond acceptors (Lipinski definition) is 2. The molecule has 3 nitrogen and oxygen atoms in total. The van der Waals surface area contributed by atoms with E-state index in [9.17, 15) is 8.78 Å². The summed E-state index contributed by atoms with van der Waals surface area (Å²) in [5.41, 5.74) is -0.443. The van der Waals surface area contributed by atoms with E-state index in [4.69, 9.17) is 4.74 Å². The molecule has 0 bridgehead atoms. The molecule has 0 amide bonds. The Morgan fingerprint density at radius 3 is 2.21 bits per heavy atom. The van der Waals surface area contributed by atoms with Crippen LogP contribution in [0.25, 0.3) is 0 Å². The minimum Gasteiger partial charge on any atom is -0.480 e. The van der Waals surface area contributed by atoms with E-state index in [0.717, 1.165) is 32.1 Å². The van der Waals surface area contributed by atoms with Crippen LogP contribution in [-0.2, 0) is 5.54 Å². The minimum atomic E-state index is -2.58. The molecule has 0 saturated heterocycles. The van der Waals surface area contributed by atoms with Gasteiger partial charge in [0.1, 0.15) is 9.26 Å². The topological polar surface area (TPSA) is 27.1 Å². The molecule has 24 heavy (non-hydrogen) atoms. The third-order valence-electron chi connectivity index (χ3n) is 4.61. The summed E-state index contributed by atoms with van der Waals surface area (Å²) in [4.78, 5) is 0. The molecule has 6 heteroatoms. The normalized spacial score (nSPS) is 14.2. The molecular formula is C18H31F2IN2O. The van der Waals surface area contributed by atoms with E-state index >= 15 is 0 Å². The van der Waals surface area contributed by atoms with Crippen LogP contribution in [0.4, 0.5) is 8.78 Å². The average Bonchev–Trinajstić information content (AvgIpc) is 2.90. The number of rotatable bonds is 12. The van der Waals surface area contributed by atoms with Gasteiger partial charge in [0.2, 0.25) is 5.88 Å². The lowest BCUT2D eigenvalue weighted by molar-refractivity contribution is 0.139. The Morgan fingerprint density at radius 1 is 1.08 bits per heavy atom. The predicted molar refractivity (Wildman–Crippen MR) is 103 cm³/mol. The zero-order valence-electron chi connectivity index (χ0n) is 15.4. The van der Waals surface area contributed by atoms with Crippen molar-refractivity contribution in [2.45, 2.75) is 90.5 Å². The van der Waals surface area contributed by atoms with E-state index < -0.39 is 6.43 Å². The Morgan fingerprint density at radius 2 is 1.67 bits per heavy atom. The van der Waals surface area contributed by atoms with E-state index in [-0.39, 0.29) is 11.2 Å². The van der Waals surface area contributed by atoms with Gasteiger partial charge in [-0.3, -0.25) is 0 Å². The van der Waals surface area contributed by atoms with Crippen LogP contribution in [0.3, 0.4) is 0 Å². The van der Waals surface area contributed by atoms with Crippen LogP contribution >= 0.6 is 22.6 Å². The summed E-state index contributed by atoms with van der Waals surface area (Å²) in [6.45, 7) is 6.48. The number of hydrogen-bond donors (Lipinski definition) is 0. The molecule has 0 aliphatic carbocycles. The maximum absolute atomic E-state index is 13.3. The maximum Gasteiger partial charge on any atom is 0.283 e. The lowest BCUT2D eigenvalue weighted by atomic mass is 9.88. The highest BCUT2D eigenvalue weighted by Gasteiger charge is 2.33. The smallest absolute Gasteiger partial charge is 0.283 e. The van der Waals surface area contributed by atoms with Crippen molar-refractivity contribution < 1.29 is 13.5 Å². The summed E-state index contributed by atoms with van der Waals surface area (Å²) in [5.74, 6) is 0.470. The van der Waals surface area contributed by atoms with Gasteiger partial charge in [0.25, 0.3) is 6.43 Å². The zero-order chi connectivity index (χ0) is 18.2. The van der Waals surface area contributed by atoms with Crippen molar-refractivity contribution >= 4 is 22.6 Å². The van der Waals surface area contributed by atoms with Crippen molar-refractivity contribution in [1.29, 1.82) is 0 Å². The van der Waals surface area contributed by atoms with E-state index in [1.165, 1.54) is 32.8 Å². The van der Waals surface area contributed by atoms with Gasteiger partial charge in [-0.05, 0) is 42.4 Å². The van der Waals surface area contributed by atoms with Crippen molar-refractivity contribution in [3.05, 3.63) is 9.26 Å². The number of alkyl halides is 2. The molecular weight excluding hydrogens is 425 g/mol. The minimum absolute atomic E-state index is 0.166. The van der Waals surface area contributed by atoms with E-state index in [0.29, 0.717) is 9.45 Å². The fourth-order valence-electron chi connectivity index (χ4n) is 3.08. The van der Waals surface area contributed by atoms with Crippen LogP contribution in [0.2, 0.25) is 0 Å². The van der Waals surface area contributed by atoms with Crippen LogP contribution in [0.15, 0.2) is 0 Å². The summed E-state index contributed by atoms with van der Waals surface area (Å²) in [7, 11) is 1.53. The van der Waals surface area contributed by atoms with Gasteiger partial charge in [0, 0.05) is 0 Å². The summed E-state index contributed by atoms with van der Waals surface area (Å²) >= 11 is 1.92. The third kappa shape index (κ3) is 5.56. The first kappa shape index (κ1) is 21.6. The Labute approximate surface area is 158 Å². The highest BCUT2D eigenvalue weighted by atomic mass is 127. The number of aromatic nitrogens is 2. The molecule has 0 aliphatic rings. The fraction of sp³-hybridized carbons (Fsp3) is 0.833. The molecule has 1 heterocycles. The zero-order valence-corrected chi connectivity index (χ0v) is 17.5. The summed E-state index contributed by atoms with van der Waals surface area (Å²) < 4.78 is 34.1. The second-order valence-corrected chi connectivity index (χ2v) is 7.76. The third-order valence-corrected chi connectivity index (χ3v) is 5.63. The van der Waals surface area contributed by atoms with Crippen LogP contribution in [0.1, 0.15) is 90.7 Å². The van der Waals surface area contributed by atoms with E-state index in [1.807, 2.05) is 22.6 Å². The molecule has 1 unspecified atom stereocenters. The molecule has 1 rings (SSSR count). The Kier molecular flexibility index (Phi) is 9.52. The molecule has 0 spiro atoms. The lowest BCUT2D eigenvalue weighted by Crippen LogP contribution is -2.32. The molecule has 1 aromatic heterocycles. The molecule has 0 radical (unpaired) electrons. The maximum atomic E-state index is 13.3. The second-order valence-electron chi connectivity index (χ2n) is 6.69. The van der Waals surface area contributed by atoms with E-state index in [2.05, 4.69) is 25.9 Å². The molecule has 0 fully saturated rings. The molecule has 0 aromatic carbocycles. The first-order valence-electron chi connectivity index (χ1n) is 9.02. The van der Waals surface area contributed by atoms with Gasteiger partial charge in [0.05, 0.1) is 12.6 Å². The van der Waals surface area contributed by atoms with E-state index in [1.54, 1.807) is 4.68 Å². The molecule has 0 N–H and O–H groups in total. The highest BCUT2D eigenvalue weighted by molar-refractivity contribution is 14.1. The molecule has 140 valence electrons. The monoisotopic (exact) mass is 456 g/mol. The van der Waals surface area contributed by atoms with Crippen LogP contribution in [0, 0.1) is 3.57 Å². The molecule has 1 aromatic rings. The van der Waals surface area contributed by atoms with Gasteiger partial charge in [-0.25, -0.2) is 13.5 Å². The summed E-state index contributed by atoms with van der Waals surface area (Å²) in [6, 6.07) is 0. The molecule has 0 aliphatic heterocycles. The van der Waals surface area contributed by atoms with Crippen molar-refractivity contribution in [3.63, 3.8) is 0 Å². The SMILES string of the molecule is CCCCCCCC(C)(CCCC)n1nc(C(F)F)c(I)c1OC. The fourth-order valence-corrected chi connectivity index (χ4v) is 3.88. The van der Waals surface area contributed by atoms with Crippen LogP contribution in [0.5, 0.6) is 5.88 Å². The summed E-state index contributed by atoms with van der Waals surface area (Å²) in [5, 5.41) is 4.25. The average molecular weight is 456 g/mol. The molecule has 1 atom stereocenters. The van der Waals surface area contributed by atoms with Crippen molar-refractivity contribution in [2.75, 3.05) is 7.11 Å². The second kappa shape index (κ2) is 10.6.